The maximum atomic E-state index is 12.3. The third kappa shape index (κ3) is 0.746. The van der Waals surface area contributed by atoms with Gasteiger partial charge in [-0.25, -0.2) is 4.98 Å². The first-order chi connectivity index (χ1) is 4.36. The fraction of sp³-hybridized carbons (Fsp3) is 0. The van der Waals surface area contributed by atoms with E-state index in [0.717, 1.165) is 21.6 Å². The first-order valence-corrected chi connectivity index (χ1v) is 4.10. The van der Waals surface area contributed by atoms with Crippen molar-refractivity contribution >= 4 is 32.9 Å². The number of halogens is 1. The van der Waals surface area contributed by atoms with Crippen molar-refractivity contribution in [1.29, 1.82) is 0 Å². The lowest BCUT2D eigenvalue weighted by Crippen LogP contribution is -1.61. The van der Waals surface area contributed by atoms with Crippen LogP contribution in [-0.4, -0.2) is 4.98 Å². The van der Waals surface area contributed by atoms with E-state index in [-0.39, 0.29) is 5.26 Å². The zero-order chi connectivity index (χ0) is 6.27. The Labute approximate surface area is 58.8 Å². The number of thiophene rings is 1. The molecule has 2 heterocycles. The molecular weight excluding hydrogens is 157 g/mol. The highest BCUT2D eigenvalue weighted by Crippen LogP contribution is 2.23. The number of fused-ring (bicyclic) bond motifs is 1. The van der Waals surface area contributed by atoms with Crippen LogP contribution in [0.25, 0.3) is 10.2 Å². The second kappa shape index (κ2) is 1.75. The maximum Gasteiger partial charge on any atom is 0.270 e. The Hall–Kier alpha value is -0.480. The molecule has 0 saturated carbocycles. The number of hydrogen-bond acceptors (Lipinski definition) is 3. The molecule has 46 valence electrons. The van der Waals surface area contributed by atoms with Crippen molar-refractivity contribution in [3.05, 3.63) is 16.0 Å². The molecule has 0 unspecified atom stereocenters. The van der Waals surface area contributed by atoms with E-state index in [2.05, 4.69) is 4.98 Å². The van der Waals surface area contributed by atoms with Gasteiger partial charge in [-0.3, -0.25) is 0 Å². The lowest BCUT2D eigenvalue weighted by atomic mass is 10.6. The summed E-state index contributed by atoms with van der Waals surface area (Å²) in [6.07, 6.45) is 0. The first kappa shape index (κ1) is 5.32. The Bertz CT molecular complexity index is 296. The van der Waals surface area contributed by atoms with Crippen molar-refractivity contribution in [3.8, 4) is 0 Å². The molecule has 2 aromatic rings. The van der Waals surface area contributed by atoms with Crippen LogP contribution in [0.1, 0.15) is 0 Å². The molecule has 0 fully saturated rings. The largest absolute Gasteiger partial charge is 0.270 e. The summed E-state index contributed by atoms with van der Waals surface area (Å²) in [6.45, 7) is 0. The van der Waals surface area contributed by atoms with Gasteiger partial charge in [0, 0.05) is 10.8 Å². The Morgan fingerprint density at radius 2 is 2.33 bits per heavy atom. The molecule has 0 spiro atoms. The number of hydrogen-bond donors (Lipinski definition) is 0. The summed E-state index contributed by atoms with van der Waals surface area (Å²) in [7, 11) is 0. The fourth-order valence-electron chi connectivity index (χ4n) is 0.645. The molecule has 0 aliphatic rings. The average molecular weight is 159 g/mol. The standard InChI is InChI=1S/C5H2FNS2/c6-5-7-3-1-8-2-4(3)9-5/h1-2H. The molecule has 4 heteroatoms. The minimum Gasteiger partial charge on any atom is -0.209 e. The van der Waals surface area contributed by atoms with E-state index in [1.165, 1.54) is 0 Å². The lowest BCUT2D eigenvalue weighted by molar-refractivity contribution is 0.620. The quantitative estimate of drug-likeness (QED) is 0.575. The van der Waals surface area contributed by atoms with Gasteiger partial charge < -0.3 is 0 Å². The summed E-state index contributed by atoms with van der Waals surface area (Å²) in [5.74, 6) is 0. The predicted molar refractivity (Wildman–Crippen MR) is 37.5 cm³/mol. The first-order valence-electron chi connectivity index (χ1n) is 2.34. The van der Waals surface area contributed by atoms with Gasteiger partial charge in [0.05, 0.1) is 10.2 Å². The number of thiazole rings is 1. The normalized spacial score (nSPS) is 10.8. The lowest BCUT2D eigenvalue weighted by Gasteiger charge is -1.64. The summed E-state index contributed by atoms with van der Waals surface area (Å²) in [5, 5.41) is 3.40. The zero-order valence-corrected chi connectivity index (χ0v) is 5.93. The van der Waals surface area contributed by atoms with Gasteiger partial charge in [0.15, 0.2) is 0 Å². The van der Waals surface area contributed by atoms with Gasteiger partial charge >= 0.3 is 0 Å². The highest BCUT2D eigenvalue weighted by atomic mass is 32.1. The molecule has 1 nitrogen and oxygen atoms in total. The van der Waals surface area contributed by atoms with Crippen molar-refractivity contribution in [3.63, 3.8) is 0 Å². The van der Waals surface area contributed by atoms with Gasteiger partial charge in [0.1, 0.15) is 0 Å². The van der Waals surface area contributed by atoms with E-state index >= 15 is 0 Å². The van der Waals surface area contributed by atoms with Gasteiger partial charge in [-0.05, 0) is 0 Å². The van der Waals surface area contributed by atoms with Crippen LogP contribution in [0.5, 0.6) is 0 Å². The van der Waals surface area contributed by atoms with Crippen LogP contribution in [0.2, 0.25) is 0 Å². The van der Waals surface area contributed by atoms with Crippen LogP contribution < -0.4 is 0 Å². The molecule has 0 radical (unpaired) electrons. The zero-order valence-electron chi connectivity index (χ0n) is 4.30. The molecule has 0 bridgehead atoms. The highest BCUT2D eigenvalue weighted by molar-refractivity contribution is 7.21. The van der Waals surface area contributed by atoms with Gasteiger partial charge in [0.2, 0.25) is 0 Å². The van der Waals surface area contributed by atoms with E-state index in [1.807, 2.05) is 10.8 Å². The van der Waals surface area contributed by atoms with Crippen LogP contribution in [0.3, 0.4) is 0 Å². The number of aromatic nitrogens is 1. The SMILES string of the molecule is Fc1nc2cscc2s1. The minimum absolute atomic E-state index is 0.340. The molecule has 0 aromatic carbocycles. The molecule has 2 aromatic heterocycles. The van der Waals surface area contributed by atoms with Crippen molar-refractivity contribution < 1.29 is 4.39 Å². The Morgan fingerprint density at radius 3 is 3.11 bits per heavy atom. The molecule has 2 rings (SSSR count). The van der Waals surface area contributed by atoms with Crippen molar-refractivity contribution in [2.45, 2.75) is 0 Å². The molecule has 0 aliphatic carbocycles. The maximum absolute atomic E-state index is 12.3. The van der Waals surface area contributed by atoms with Gasteiger partial charge in [0.25, 0.3) is 5.26 Å². The summed E-state index contributed by atoms with van der Waals surface area (Å²) in [4.78, 5) is 3.64. The van der Waals surface area contributed by atoms with Crippen LogP contribution in [0.15, 0.2) is 10.8 Å². The van der Waals surface area contributed by atoms with Crippen LogP contribution in [0.4, 0.5) is 4.39 Å². The number of nitrogens with zero attached hydrogens (tertiary/aromatic N) is 1. The smallest absolute Gasteiger partial charge is 0.209 e. The van der Waals surface area contributed by atoms with E-state index < -0.39 is 0 Å². The summed E-state index contributed by atoms with van der Waals surface area (Å²) >= 11 is 2.64. The van der Waals surface area contributed by atoms with Gasteiger partial charge in [-0.15, -0.1) is 11.3 Å². The van der Waals surface area contributed by atoms with Crippen molar-refractivity contribution in [2.24, 2.45) is 0 Å². The van der Waals surface area contributed by atoms with Crippen molar-refractivity contribution in [1.82, 2.24) is 4.98 Å². The summed E-state index contributed by atoms with van der Waals surface area (Å²) in [6, 6.07) is 0. The number of rotatable bonds is 0. The van der Waals surface area contributed by atoms with E-state index in [4.69, 9.17) is 0 Å². The molecule has 0 aliphatic heterocycles. The van der Waals surface area contributed by atoms with Crippen molar-refractivity contribution in [2.75, 3.05) is 0 Å². The van der Waals surface area contributed by atoms with Gasteiger partial charge in [-0.1, -0.05) is 11.3 Å². The third-order valence-electron chi connectivity index (χ3n) is 1.01. The highest BCUT2D eigenvalue weighted by Gasteiger charge is 2.00. The van der Waals surface area contributed by atoms with Gasteiger partial charge in [-0.2, -0.15) is 4.39 Å². The Balaban J connectivity index is 2.92. The molecule has 0 atom stereocenters. The minimum atomic E-state index is -0.340. The second-order valence-electron chi connectivity index (χ2n) is 1.59. The molecule has 0 N–H and O–H groups in total. The summed E-state index contributed by atoms with van der Waals surface area (Å²) in [5.41, 5.74) is 0.780. The van der Waals surface area contributed by atoms with Crippen LogP contribution >= 0.6 is 22.7 Å². The van der Waals surface area contributed by atoms with E-state index in [0.29, 0.717) is 0 Å². The fourth-order valence-corrected chi connectivity index (χ4v) is 2.23. The topological polar surface area (TPSA) is 12.9 Å². The van der Waals surface area contributed by atoms with Crippen LogP contribution in [-0.2, 0) is 0 Å². The van der Waals surface area contributed by atoms with Crippen LogP contribution in [0, 0.1) is 5.26 Å². The summed E-state index contributed by atoms with van der Waals surface area (Å²) < 4.78 is 13.2. The molecule has 0 amide bonds. The average Bonchev–Trinajstić information content (AvgIpc) is 2.22. The van der Waals surface area contributed by atoms with E-state index in [1.54, 1.807) is 11.3 Å². The molecule has 9 heavy (non-hydrogen) atoms. The monoisotopic (exact) mass is 159 g/mol. The Morgan fingerprint density at radius 1 is 1.44 bits per heavy atom. The van der Waals surface area contributed by atoms with E-state index in [9.17, 15) is 4.39 Å². The molecule has 0 saturated heterocycles. The second-order valence-corrected chi connectivity index (χ2v) is 3.31. The Kier molecular flexibility index (Phi) is 1.03. The third-order valence-corrected chi connectivity index (χ3v) is 2.70. The predicted octanol–water partition coefficient (Wildman–Crippen LogP) is 2.50. The molecular formula is C5H2FNS2.